The SMILES string of the molecule is N#Cc1ccc(-c2cc3nc(-c4ccc5ccccc5c4)c(-n4c5ccccc5c5cc6ccccc6cc54)nc3cc2-c2ccc(C#N)cc2)cc1. The monoisotopic (exact) mass is 673 g/mol. The highest BCUT2D eigenvalue weighted by atomic mass is 15.1. The van der Waals surface area contributed by atoms with Crippen LogP contribution in [0.4, 0.5) is 0 Å². The van der Waals surface area contributed by atoms with Gasteiger partial charge in [0.05, 0.1) is 45.3 Å². The summed E-state index contributed by atoms with van der Waals surface area (Å²) in [5, 5.41) is 26.0. The average molecular weight is 674 g/mol. The first kappa shape index (κ1) is 30.2. The second-order valence-electron chi connectivity index (χ2n) is 13.3. The molecule has 0 saturated carbocycles. The first-order valence-electron chi connectivity index (χ1n) is 17.4. The summed E-state index contributed by atoms with van der Waals surface area (Å²) in [7, 11) is 0. The van der Waals surface area contributed by atoms with E-state index >= 15 is 0 Å². The van der Waals surface area contributed by atoms with Gasteiger partial charge in [-0.2, -0.15) is 10.5 Å². The first-order chi connectivity index (χ1) is 26.1. The van der Waals surface area contributed by atoms with E-state index in [0.29, 0.717) is 11.1 Å². The van der Waals surface area contributed by atoms with Crippen molar-refractivity contribution in [2.45, 2.75) is 0 Å². The zero-order chi connectivity index (χ0) is 35.5. The van der Waals surface area contributed by atoms with Crippen LogP contribution in [0.5, 0.6) is 0 Å². The fraction of sp³-hybridized carbons (Fsp3) is 0. The molecule has 10 aromatic rings. The van der Waals surface area contributed by atoms with Crippen molar-refractivity contribution in [3.63, 3.8) is 0 Å². The summed E-state index contributed by atoms with van der Waals surface area (Å²) in [6.45, 7) is 0. The number of fused-ring (bicyclic) bond motifs is 6. The standard InChI is InChI=1S/C48H27N5/c49-28-30-13-17-33(18-14-30)40-26-43-44(27-41(40)34-19-15-31(29-50)16-20-34)52-48(47(51-43)38-22-21-32-7-1-2-8-35(32)23-38)53-45-12-6-5-11-39(45)42-24-36-9-3-4-10-37(36)25-46(42)53/h1-27H. The van der Waals surface area contributed by atoms with Gasteiger partial charge in [-0.1, -0.05) is 103 Å². The topological polar surface area (TPSA) is 78.3 Å². The Morgan fingerprint density at radius 3 is 1.58 bits per heavy atom. The van der Waals surface area contributed by atoms with Crippen LogP contribution in [-0.4, -0.2) is 14.5 Å². The van der Waals surface area contributed by atoms with Crippen molar-refractivity contribution < 1.29 is 0 Å². The molecule has 0 fully saturated rings. The van der Waals surface area contributed by atoms with Crippen LogP contribution in [0.2, 0.25) is 0 Å². The van der Waals surface area contributed by atoms with E-state index in [9.17, 15) is 10.5 Å². The van der Waals surface area contributed by atoms with Crippen LogP contribution in [0.25, 0.3) is 93.7 Å². The maximum atomic E-state index is 9.53. The lowest BCUT2D eigenvalue weighted by Crippen LogP contribution is -2.04. The van der Waals surface area contributed by atoms with Gasteiger partial charge in [-0.05, 0) is 104 Å². The number of hydrogen-bond acceptors (Lipinski definition) is 4. The normalized spacial score (nSPS) is 11.4. The molecule has 0 N–H and O–H groups in total. The molecule has 2 aromatic heterocycles. The van der Waals surface area contributed by atoms with Crippen LogP contribution in [0.1, 0.15) is 11.1 Å². The predicted molar refractivity (Wildman–Crippen MR) is 215 cm³/mol. The van der Waals surface area contributed by atoms with Crippen molar-refractivity contribution in [3.8, 4) is 51.5 Å². The Bertz CT molecular complexity index is 3180. The van der Waals surface area contributed by atoms with Gasteiger partial charge in [0.2, 0.25) is 0 Å². The van der Waals surface area contributed by atoms with Crippen molar-refractivity contribution in [1.82, 2.24) is 14.5 Å². The van der Waals surface area contributed by atoms with Crippen LogP contribution < -0.4 is 0 Å². The van der Waals surface area contributed by atoms with E-state index in [1.54, 1.807) is 0 Å². The van der Waals surface area contributed by atoms with Crippen molar-refractivity contribution >= 4 is 54.4 Å². The fourth-order valence-electron chi connectivity index (χ4n) is 7.59. The molecule has 10 rings (SSSR count). The third-order valence-electron chi connectivity index (χ3n) is 10.2. The number of benzene rings is 8. The van der Waals surface area contributed by atoms with Crippen molar-refractivity contribution in [2.75, 3.05) is 0 Å². The molecule has 244 valence electrons. The lowest BCUT2D eigenvalue weighted by molar-refractivity contribution is 1.08. The minimum Gasteiger partial charge on any atom is -0.292 e. The summed E-state index contributed by atoms with van der Waals surface area (Å²) >= 11 is 0. The van der Waals surface area contributed by atoms with Gasteiger partial charge in [-0.3, -0.25) is 4.57 Å². The molecule has 8 aromatic carbocycles. The Morgan fingerprint density at radius 1 is 0.415 bits per heavy atom. The smallest absolute Gasteiger partial charge is 0.165 e. The molecular formula is C48H27N5. The number of aromatic nitrogens is 3. The molecule has 5 nitrogen and oxygen atoms in total. The van der Waals surface area contributed by atoms with Gasteiger partial charge >= 0.3 is 0 Å². The summed E-state index contributed by atoms with van der Waals surface area (Å²) in [6.07, 6.45) is 0. The van der Waals surface area contributed by atoms with Gasteiger partial charge in [-0.15, -0.1) is 0 Å². The van der Waals surface area contributed by atoms with Crippen molar-refractivity contribution in [1.29, 1.82) is 10.5 Å². The van der Waals surface area contributed by atoms with Gasteiger partial charge in [0, 0.05) is 16.3 Å². The highest BCUT2D eigenvalue weighted by molar-refractivity contribution is 6.14. The molecule has 0 atom stereocenters. The molecule has 0 saturated heterocycles. The maximum absolute atomic E-state index is 9.53. The molecule has 0 aliphatic rings. The highest BCUT2D eigenvalue weighted by Gasteiger charge is 2.21. The van der Waals surface area contributed by atoms with Crippen molar-refractivity contribution in [3.05, 3.63) is 175 Å². The lowest BCUT2D eigenvalue weighted by Gasteiger charge is -2.17. The summed E-state index contributed by atoms with van der Waals surface area (Å²) in [6, 6.07) is 60.3. The van der Waals surface area contributed by atoms with Gasteiger partial charge < -0.3 is 0 Å². The fourth-order valence-corrected chi connectivity index (χ4v) is 7.59. The predicted octanol–water partition coefficient (Wildman–Crippen LogP) is 11.8. The number of hydrogen-bond donors (Lipinski definition) is 0. The second kappa shape index (κ2) is 12.0. The first-order valence-corrected chi connectivity index (χ1v) is 17.4. The third kappa shape index (κ3) is 5.00. The number of nitriles is 2. The molecule has 53 heavy (non-hydrogen) atoms. The maximum Gasteiger partial charge on any atom is 0.165 e. The molecule has 0 amide bonds. The average Bonchev–Trinajstić information content (AvgIpc) is 3.54. The summed E-state index contributed by atoms with van der Waals surface area (Å²) < 4.78 is 2.27. The minimum absolute atomic E-state index is 0.593. The Hall–Kier alpha value is -7.60. The van der Waals surface area contributed by atoms with Gasteiger partial charge in [0.1, 0.15) is 5.69 Å². The molecule has 2 heterocycles. The third-order valence-corrected chi connectivity index (χ3v) is 10.2. The van der Waals surface area contributed by atoms with Crippen molar-refractivity contribution in [2.24, 2.45) is 0 Å². The van der Waals surface area contributed by atoms with E-state index in [1.165, 1.54) is 5.39 Å². The molecule has 0 bridgehead atoms. The Labute approximate surface area is 304 Å². The second-order valence-corrected chi connectivity index (χ2v) is 13.3. The lowest BCUT2D eigenvalue weighted by atomic mass is 9.92. The zero-order valence-corrected chi connectivity index (χ0v) is 28.3. The molecule has 0 aliphatic carbocycles. The molecule has 0 radical (unpaired) electrons. The van der Waals surface area contributed by atoms with Crippen LogP contribution >= 0.6 is 0 Å². The van der Waals surface area contributed by atoms with E-state index in [0.717, 1.165) is 88.3 Å². The summed E-state index contributed by atoms with van der Waals surface area (Å²) in [4.78, 5) is 11.0. The summed E-state index contributed by atoms with van der Waals surface area (Å²) in [5.41, 5.74) is 10.4. The van der Waals surface area contributed by atoms with Crippen LogP contribution in [0.3, 0.4) is 0 Å². The van der Waals surface area contributed by atoms with Gasteiger partial charge in [0.25, 0.3) is 0 Å². The molecule has 0 spiro atoms. The molecular weight excluding hydrogens is 647 g/mol. The highest BCUT2D eigenvalue weighted by Crippen LogP contribution is 2.40. The number of para-hydroxylation sites is 1. The van der Waals surface area contributed by atoms with E-state index in [2.05, 4.69) is 132 Å². The zero-order valence-electron chi connectivity index (χ0n) is 28.3. The minimum atomic E-state index is 0.593. The van der Waals surface area contributed by atoms with E-state index in [-0.39, 0.29) is 0 Å². The van der Waals surface area contributed by atoms with E-state index in [1.807, 2.05) is 48.5 Å². The van der Waals surface area contributed by atoms with E-state index < -0.39 is 0 Å². The summed E-state index contributed by atoms with van der Waals surface area (Å²) in [5.74, 6) is 0.742. The molecule has 5 heteroatoms. The van der Waals surface area contributed by atoms with Crippen LogP contribution in [0, 0.1) is 22.7 Å². The number of nitrogens with zero attached hydrogens (tertiary/aromatic N) is 5. The quantitative estimate of drug-likeness (QED) is 0.186. The van der Waals surface area contributed by atoms with Crippen LogP contribution in [0.15, 0.2) is 164 Å². The van der Waals surface area contributed by atoms with Gasteiger partial charge in [0.15, 0.2) is 5.82 Å². The molecule has 0 unspecified atom stereocenters. The molecule has 0 aliphatic heterocycles. The van der Waals surface area contributed by atoms with Crippen LogP contribution in [-0.2, 0) is 0 Å². The Morgan fingerprint density at radius 2 is 0.943 bits per heavy atom. The largest absolute Gasteiger partial charge is 0.292 e. The Kier molecular flexibility index (Phi) is 6.86. The van der Waals surface area contributed by atoms with Gasteiger partial charge in [-0.25, -0.2) is 9.97 Å². The Balaban J connectivity index is 1.32. The number of rotatable bonds is 4. The van der Waals surface area contributed by atoms with E-state index in [4.69, 9.17) is 9.97 Å².